The summed E-state index contributed by atoms with van der Waals surface area (Å²) in [5.41, 5.74) is 1.16. The van der Waals surface area contributed by atoms with Crippen molar-refractivity contribution in [2.75, 3.05) is 12.4 Å². The number of nitrogens with one attached hydrogen (secondary N) is 1. The third-order valence-electron chi connectivity index (χ3n) is 3.93. The maximum absolute atomic E-state index is 11.5. The largest absolute Gasteiger partial charge is 0.490 e. The monoisotopic (exact) mass is 414 g/mol. The smallest absolute Gasteiger partial charge is 0.410 e. The lowest BCUT2D eigenvalue weighted by Crippen LogP contribution is -2.09. The Morgan fingerprint density at radius 3 is 2.77 bits per heavy atom. The number of anilines is 1. The molecule has 2 N–H and O–H groups in total. The highest BCUT2D eigenvalue weighted by Gasteiger charge is 2.23. The van der Waals surface area contributed by atoms with Crippen LogP contribution in [0.1, 0.15) is 11.3 Å². The highest BCUT2D eigenvalue weighted by Crippen LogP contribution is 2.37. The van der Waals surface area contributed by atoms with Crippen LogP contribution >= 0.6 is 0 Å². The van der Waals surface area contributed by atoms with Crippen LogP contribution in [0.4, 0.5) is 16.3 Å². The lowest BCUT2D eigenvalue weighted by Gasteiger charge is -2.10. The summed E-state index contributed by atoms with van der Waals surface area (Å²) in [6.45, 7) is 0.120. The van der Waals surface area contributed by atoms with E-state index >= 15 is 0 Å². The van der Waals surface area contributed by atoms with Crippen molar-refractivity contribution in [2.45, 2.75) is 13.2 Å². The van der Waals surface area contributed by atoms with Crippen molar-refractivity contribution in [1.29, 1.82) is 0 Å². The zero-order valence-corrected chi connectivity index (χ0v) is 16.1. The molecule has 0 aliphatic rings. The van der Waals surface area contributed by atoms with Gasteiger partial charge in [-0.05, 0) is 23.8 Å². The molecule has 0 unspecified atom stereocenters. The van der Waals surface area contributed by atoms with Gasteiger partial charge in [0.05, 0.1) is 36.5 Å². The minimum absolute atomic E-state index is 0.0446. The molecular formula is C18H18N6O6. The summed E-state index contributed by atoms with van der Waals surface area (Å²) in [5, 5.41) is 26.6. The number of benzene rings is 1. The van der Waals surface area contributed by atoms with Gasteiger partial charge in [-0.1, -0.05) is 6.07 Å². The van der Waals surface area contributed by atoms with E-state index in [-0.39, 0.29) is 36.3 Å². The lowest BCUT2D eigenvalue weighted by molar-refractivity contribution is -0.385. The molecule has 0 saturated carbocycles. The fraction of sp³-hybridized carbons (Fsp3) is 0.222. The molecule has 156 valence electrons. The van der Waals surface area contributed by atoms with Crippen molar-refractivity contribution in [3.8, 4) is 17.1 Å². The summed E-state index contributed by atoms with van der Waals surface area (Å²) in [7, 11) is 3.03. The molecule has 30 heavy (non-hydrogen) atoms. The molecule has 12 nitrogen and oxygen atoms in total. The van der Waals surface area contributed by atoms with Gasteiger partial charge in [0.15, 0.2) is 5.82 Å². The van der Waals surface area contributed by atoms with Gasteiger partial charge in [0.2, 0.25) is 5.75 Å². The molecule has 0 aliphatic heterocycles. The fourth-order valence-corrected chi connectivity index (χ4v) is 2.75. The molecule has 2 heterocycles. The van der Waals surface area contributed by atoms with Crippen molar-refractivity contribution >= 4 is 17.6 Å². The van der Waals surface area contributed by atoms with Crippen molar-refractivity contribution in [3.05, 3.63) is 58.0 Å². The maximum atomic E-state index is 11.5. The number of amides is 1. The van der Waals surface area contributed by atoms with Crippen LogP contribution in [0.15, 0.2) is 36.7 Å². The Morgan fingerprint density at radius 1 is 1.33 bits per heavy atom. The first-order valence-electron chi connectivity index (χ1n) is 8.62. The Morgan fingerprint density at radius 2 is 2.13 bits per heavy atom. The second kappa shape index (κ2) is 8.96. The molecule has 2 aromatic heterocycles. The van der Waals surface area contributed by atoms with Crippen molar-refractivity contribution in [2.24, 2.45) is 7.05 Å². The number of pyridine rings is 1. The van der Waals surface area contributed by atoms with E-state index in [9.17, 15) is 14.9 Å². The zero-order chi connectivity index (χ0) is 21.7. The number of hydrogen-bond acceptors (Lipinski definition) is 8. The number of methoxy groups -OCH3 is 1. The third kappa shape index (κ3) is 4.86. The first kappa shape index (κ1) is 20.7. The van der Waals surface area contributed by atoms with Crippen LogP contribution in [0.25, 0.3) is 11.4 Å². The molecule has 0 fully saturated rings. The fourth-order valence-electron chi connectivity index (χ4n) is 2.75. The van der Waals surface area contributed by atoms with Crippen molar-refractivity contribution < 1.29 is 24.3 Å². The summed E-state index contributed by atoms with van der Waals surface area (Å²) in [6, 6.07) is 7.85. The number of carbonyl (C=O) groups is 1. The van der Waals surface area contributed by atoms with Gasteiger partial charge < -0.3 is 14.6 Å². The second-order valence-electron chi connectivity index (χ2n) is 6.13. The predicted octanol–water partition coefficient (Wildman–Crippen LogP) is 2.60. The van der Waals surface area contributed by atoms with E-state index in [1.165, 1.54) is 30.3 Å². The average molecular weight is 414 g/mol. The van der Waals surface area contributed by atoms with Gasteiger partial charge in [-0.25, -0.2) is 14.8 Å². The molecule has 0 radical (unpaired) electrons. The molecule has 1 aromatic carbocycles. The number of nitro benzene ring substituents is 1. The first-order chi connectivity index (χ1) is 14.4. The third-order valence-corrected chi connectivity index (χ3v) is 3.93. The Bertz CT molecular complexity index is 1080. The summed E-state index contributed by atoms with van der Waals surface area (Å²) in [4.78, 5) is 29.9. The van der Waals surface area contributed by atoms with Crippen LogP contribution in [0.5, 0.6) is 5.75 Å². The van der Waals surface area contributed by atoms with Crippen LogP contribution in [-0.4, -0.2) is 43.0 Å². The van der Waals surface area contributed by atoms with Crippen LogP contribution in [0.2, 0.25) is 0 Å². The second-order valence-corrected chi connectivity index (χ2v) is 6.13. The van der Waals surface area contributed by atoms with Gasteiger partial charge in [-0.2, -0.15) is 5.10 Å². The molecule has 0 aliphatic carbocycles. The van der Waals surface area contributed by atoms with Gasteiger partial charge in [0, 0.05) is 13.1 Å². The Hall–Kier alpha value is -4.06. The molecule has 0 spiro atoms. The average Bonchev–Trinajstić information content (AvgIpc) is 3.13. The van der Waals surface area contributed by atoms with Crippen LogP contribution < -0.4 is 10.1 Å². The molecule has 0 saturated heterocycles. The highest BCUT2D eigenvalue weighted by atomic mass is 16.6. The number of rotatable bonds is 8. The molecule has 0 bridgehead atoms. The topological polar surface area (TPSA) is 155 Å². The summed E-state index contributed by atoms with van der Waals surface area (Å²) in [5.74, 6) is 0.518. The minimum atomic E-state index is -1.22. The number of carboxylic acid groups (broad SMARTS) is 1. The number of ether oxygens (including phenoxy) is 2. The Kier molecular flexibility index (Phi) is 6.17. The summed E-state index contributed by atoms with van der Waals surface area (Å²) < 4.78 is 12.3. The minimum Gasteiger partial charge on any atom is -0.490 e. The van der Waals surface area contributed by atoms with E-state index < -0.39 is 11.0 Å². The molecule has 3 rings (SSSR count). The SMILES string of the molecule is COc1c(-c2ncn(C)n2)cc(COCc2cccc(NC(=O)O)n2)cc1[N+](=O)[O-]. The number of aromatic nitrogens is 4. The molecule has 12 heteroatoms. The summed E-state index contributed by atoms with van der Waals surface area (Å²) in [6.07, 6.45) is 0.259. The maximum Gasteiger partial charge on any atom is 0.410 e. The van der Waals surface area contributed by atoms with Gasteiger partial charge in [-0.3, -0.25) is 20.1 Å². The Labute approximate surface area is 170 Å². The first-order valence-corrected chi connectivity index (χ1v) is 8.62. The lowest BCUT2D eigenvalue weighted by atomic mass is 10.1. The number of aryl methyl sites for hydroxylation is 1. The number of hydrogen-bond donors (Lipinski definition) is 2. The van der Waals surface area contributed by atoms with Gasteiger partial charge >= 0.3 is 11.8 Å². The number of nitro groups is 1. The van der Waals surface area contributed by atoms with Gasteiger partial charge in [-0.15, -0.1) is 0 Å². The van der Waals surface area contributed by atoms with Crippen molar-refractivity contribution in [1.82, 2.24) is 19.7 Å². The quantitative estimate of drug-likeness (QED) is 0.418. The summed E-state index contributed by atoms with van der Waals surface area (Å²) >= 11 is 0. The van der Waals surface area contributed by atoms with E-state index in [4.69, 9.17) is 14.6 Å². The van der Waals surface area contributed by atoms with Crippen molar-refractivity contribution in [3.63, 3.8) is 0 Å². The van der Waals surface area contributed by atoms with Crippen LogP contribution in [-0.2, 0) is 25.0 Å². The Balaban J connectivity index is 1.81. The van der Waals surface area contributed by atoms with Gasteiger partial charge in [0.25, 0.3) is 0 Å². The predicted molar refractivity (Wildman–Crippen MR) is 104 cm³/mol. The van der Waals surface area contributed by atoms with E-state index in [1.54, 1.807) is 25.2 Å². The van der Waals surface area contributed by atoms with Crippen LogP contribution in [0, 0.1) is 10.1 Å². The number of nitrogens with zero attached hydrogens (tertiary/aromatic N) is 5. The molecule has 3 aromatic rings. The van der Waals surface area contributed by atoms with Gasteiger partial charge in [0.1, 0.15) is 12.1 Å². The zero-order valence-electron chi connectivity index (χ0n) is 16.1. The highest BCUT2D eigenvalue weighted by molar-refractivity contribution is 5.81. The van der Waals surface area contributed by atoms with Crippen LogP contribution in [0.3, 0.4) is 0 Å². The molecule has 0 atom stereocenters. The van der Waals surface area contributed by atoms with E-state index in [2.05, 4.69) is 20.4 Å². The van der Waals surface area contributed by atoms with E-state index in [0.29, 0.717) is 16.8 Å². The standard InChI is InChI=1S/C18H18N6O6/c1-23-10-19-17(22-23)13-6-11(7-14(24(27)28)16(13)29-2)8-30-9-12-4-3-5-15(20-12)21-18(25)26/h3-7,10H,8-9H2,1-2H3,(H,20,21)(H,25,26). The molecular weight excluding hydrogens is 396 g/mol. The normalized spacial score (nSPS) is 10.6. The molecule has 1 amide bonds. The van der Waals surface area contributed by atoms with E-state index in [1.807, 2.05) is 0 Å². The van der Waals surface area contributed by atoms with E-state index in [0.717, 1.165) is 0 Å².